The Kier molecular flexibility index (Phi) is 11.9. The molecule has 0 bridgehead atoms. The summed E-state index contributed by atoms with van der Waals surface area (Å²) < 4.78 is 6.41. The van der Waals surface area contributed by atoms with Gasteiger partial charge in [0.25, 0.3) is 0 Å². The maximum atomic E-state index is 13.5. The van der Waals surface area contributed by atoms with Gasteiger partial charge in [0.05, 0.1) is 12.6 Å². The number of unbranched alkanes of at least 4 members (excludes halogenated alkanes) is 2. The van der Waals surface area contributed by atoms with Crippen LogP contribution in [0.4, 0.5) is 5.82 Å². The summed E-state index contributed by atoms with van der Waals surface area (Å²) in [4.78, 5) is 43.0. The largest absolute Gasteiger partial charge is 0.507 e. The van der Waals surface area contributed by atoms with Crippen molar-refractivity contribution < 1.29 is 29.3 Å². The number of piperidine rings is 1. The highest BCUT2D eigenvalue weighted by Crippen LogP contribution is 2.34. The Labute approximate surface area is 294 Å². The summed E-state index contributed by atoms with van der Waals surface area (Å²) >= 11 is 0. The molecule has 0 radical (unpaired) electrons. The number of hydrogen-bond donors (Lipinski definition) is 4. The number of para-hydroxylation sites is 1. The number of aliphatic hydroxyl groups is 1. The SMILES string of the molecule is CC(C)(C)[C@H](NC(=O)CCCCCC(=O)N1CC(Oc2cc(-c3ccccc3O)nnc2N)CC(c2ccccc2)C1)C(=O)N1CC[C@@H](O)C1. The molecule has 2 fully saturated rings. The molecule has 2 unspecified atom stereocenters. The summed E-state index contributed by atoms with van der Waals surface area (Å²) in [6, 6.07) is 17.9. The number of phenolic OH excluding ortho intramolecular Hbond substituents is 1. The van der Waals surface area contributed by atoms with Crippen molar-refractivity contribution in [1.82, 2.24) is 25.3 Å². The van der Waals surface area contributed by atoms with E-state index in [0.717, 1.165) is 5.56 Å². The number of amides is 3. The number of hydrogen-bond acceptors (Lipinski definition) is 9. The van der Waals surface area contributed by atoms with E-state index >= 15 is 0 Å². The van der Waals surface area contributed by atoms with Gasteiger partial charge in [0.2, 0.25) is 17.7 Å². The number of anilines is 1. The molecule has 3 heterocycles. The number of likely N-dealkylation sites (tertiary alicyclic amines) is 2. The van der Waals surface area contributed by atoms with Crippen molar-refractivity contribution in [2.24, 2.45) is 5.41 Å². The van der Waals surface area contributed by atoms with Gasteiger partial charge in [-0.05, 0) is 48.8 Å². The number of aromatic nitrogens is 2. The summed E-state index contributed by atoms with van der Waals surface area (Å²) in [7, 11) is 0. The van der Waals surface area contributed by atoms with Gasteiger partial charge in [-0.3, -0.25) is 14.4 Å². The lowest BCUT2D eigenvalue weighted by atomic mass is 9.85. The number of nitrogens with zero attached hydrogens (tertiary/aromatic N) is 4. The smallest absolute Gasteiger partial charge is 0.245 e. The van der Waals surface area contributed by atoms with Gasteiger partial charge >= 0.3 is 0 Å². The van der Waals surface area contributed by atoms with Crippen molar-refractivity contribution in [1.29, 1.82) is 0 Å². The Morgan fingerprint density at radius 1 is 0.960 bits per heavy atom. The standard InChI is InChI=1S/C38H50N6O6/c1-38(2,3)35(37(49)43-19-18-27(45)23-43)40-33(47)16-8-5-9-17-34(48)44-22-26(25-12-6-4-7-13-25)20-28(24-44)50-32-21-30(41-42-36(32)39)29-14-10-11-15-31(29)46/h4,6-7,10-15,21,26-28,35,45-46H,5,8-9,16-20,22-24H2,1-3H3,(H2,39,42)(H,40,47)/t26?,27-,28?,35-/m1/s1. The van der Waals surface area contributed by atoms with Gasteiger partial charge in [0, 0.05) is 50.0 Å². The molecule has 268 valence electrons. The molecule has 0 saturated carbocycles. The first-order valence-corrected chi connectivity index (χ1v) is 17.6. The highest BCUT2D eigenvalue weighted by molar-refractivity contribution is 5.88. The number of benzene rings is 2. The number of rotatable bonds is 12. The van der Waals surface area contributed by atoms with Crippen LogP contribution in [0, 0.1) is 5.41 Å². The molecule has 2 aliphatic rings. The third-order valence-corrected chi connectivity index (χ3v) is 9.48. The fourth-order valence-corrected chi connectivity index (χ4v) is 6.69. The summed E-state index contributed by atoms with van der Waals surface area (Å²) in [5.41, 5.74) is 7.75. The molecule has 2 saturated heterocycles. The van der Waals surface area contributed by atoms with Crippen molar-refractivity contribution in [3.8, 4) is 22.8 Å². The van der Waals surface area contributed by atoms with Crippen molar-refractivity contribution in [3.05, 3.63) is 66.2 Å². The number of aromatic hydroxyl groups is 1. The summed E-state index contributed by atoms with van der Waals surface area (Å²) in [5, 5.41) is 31.4. The van der Waals surface area contributed by atoms with E-state index in [0.29, 0.717) is 81.7 Å². The van der Waals surface area contributed by atoms with Gasteiger partial charge in [0.1, 0.15) is 23.6 Å². The van der Waals surface area contributed by atoms with Gasteiger partial charge in [-0.2, -0.15) is 0 Å². The highest BCUT2D eigenvalue weighted by atomic mass is 16.5. The zero-order valence-electron chi connectivity index (χ0n) is 29.3. The van der Waals surface area contributed by atoms with Gasteiger partial charge in [0.15, 0.2) is 11.6 Å². The second-order valence-electron chi connectivity index (χ2n) is 14.5. The lowest BCUT2D eigenvalue weighted by Crippen LogP contribution is -2.54. The topological polar surface area (TPSA) is 171 Å². The molecule has 2 aromatic carbocycles. The van der Waals surface area contributed by atoms with Crippen LogP contribution in [0.25, 0.3) is 11.3 Å². The van der Waals surface area contributed by atoms with E-state index in [4.69, 9.17) is 10.5 Å². The second-order valence-corrected chi connectivity index (χ2v) is 14.5. The minimum absolute atomic E-state index is 0.0191. The number of nitrogens with one attached hydrogen (secondary N) is 1. The number of ether oxygens (including phenoxy) is 1. The number of phenols is 1. The van der Waals surface area contributed by atoms with Crippen molar-refractivity contribution >= 4 is 23.5 Å². The monoisotopic (exact) mass is 686 g/mol. The molecule has 0 aliphatic carbocycles. The number of carbonyl (C=O) groups excluding carboxylic acids is 3. The molecule has 4 atom stereocenters. The molecule has 5 rings (SSSR count). The van der Waals surface area contributed by atoms with Crippen LogP contribution in [0.2, 0.25) is 0 Å². The molecule has 50 heavy (non-hydrogen) atoms. The van der Waals surface area contributed by atoms with Crippen LogP contribution in [-0.2, 0) is 14.4 Å². The maximum Gasteiger partial charge on any atom is 0.245 e. The molecular formula is C38H50N6O6. The molecule has 12 heteroatoms. The zero-order chi connectivity index (χ0) is 35.8. The van der Waals surface area contributed by atoms with Gasteiger partial charge in [-0.25, -0.2) is 0 Å². The first kappa shape index (κ1) is 36.6. The third-order valence-electron chi connectivity index (χ3n) is 9.48. The average Bonchev–Trinajstić information content (AvgIpc) is 3.54. The predicted molar refractivity (Wildman–Crippen MR) is 190 cm³/mol. The summed E-state index contributed by atoms with van der Waals surface area (Å²) in [5.74, 6) is 0.257. The van der Waals surface area contributed by atoms with E-state index in [2.05, 4.69) is 27.6 Å². The fourth-order valence-electron chi connectivity index (χ4n) is 6.69. The minimum atomic E-state index is -0.677. The molecule has 0 spiro atoms. The maximum absolute atomic E-state index is 13.5. The van der Waals surface area contributed by atoms with Crippen molar-refractivity contribution in [2.75, 3.05) is 31.9 Å². The number of carbonyl (C=O) groups is 3. The van der Waals surface area contributed by atoms with Crippen LogP contribution in [0.15, 0.2) is 60.7 Å². The normalized spacial score (nSPS) is 20.0. The molecule has 2 aliphatic heterocycles. The van der Waals surface area contributed by atoms with E-state index in [-0.39, 0.29) is 47.7 Å². The van der Waals surface area contributed by atoms with Crippen LogP contribution >= 0.6 is 0 Å². The van der Waals surface area contributed by atoms with E-state index in [1.165, 1.54) is 0 Å². The summed E-state index contributed by atoms with van der Waals surface area (Å²) in [6.07, 6.45) is 2.86. The molecular weight excluding hydrogens is 636 g/mol. The Morgan fingerprint density at radius 2 is 1.68 bits per heavy atom. The predicted octanol–water partition coefficient (Wildman–Crippen LogP) is 4.27. The van der Waals surface area contributed by atoms with Crippen molar-refractivity contribution in [3.63, 3.8) is 0 Å². The van der Waals surface area contributed by atoms with Crippen LogP contribution < -0.4 is 15.8 Å². The summed E-state index contributed by atoms with van der Waals surface area (Å²) in [6.45, 7) is 7.49. The first-order chi connectivity index (χ1) is 23.9. The fraction of sp³-hybridized carbons (Fsp3) is 0.500. The lowest BCUT2D eigenvalue weighted by Gasteiger charge is -2.38. The van der Waals surface area contributed by atoms with Gasteiger partial charge in [-0.15, -0.1) is 10.2 Å². The quantitative estimate of drug-likeness (QED) is 0.203. The van der Waals surface area contributed by atoms with E-state index in [1.54, 1.807) is 35.2 Å². The first-order valence-electron chi connectivity index (χ1n) is 17.6. The Hall–Kier alpha value is -4.71. The minimum Gasteiger partial charge on any atom is -0.507 e. The van der Waals surface area contributed by atoms with Crippen LogP contribution in [-0.4, -0.2) is 92.4 Å². The van der Waals surface area contributed by atoms with Crippen LogP contribution in [0.1, 0.15) is 77.2 Å². The Bertz CT molecular complexity index is 1630. The van der Waals surface area contributed by atoms with Crippen LogP contribution in [0.3, 0.4) is 0 Å². The number of nitrogen functional groups attached to an aromatic ring is 1. The highest BCUT2D eigenvalue weighted by Gasteiger charge is 2.38. The second kappa shape index (κ2) is 16.3. The Morgan fingerprint density at radius 3 is 2.38 bits per heavy atom. The van der Waals surface area contributed by atoms with E-state index in [9.17, 15) is 24.6 Å². The van der Waals surface area contributed by atoms with E-state index in [1.807, 2.05) is 43.9 Å². The van der Waals surface area contributed by atoms with E-state index < -0.39 is 17.6 Å². The number of β-amino-alcohol motifs (C(OH)–C–C–N with tert-alkyl or cyclic N) is 1. The average molecular weight is 687 g/mol. The molecule has 5 N–H and O–H groups in total. The van der Waals surface area contributed by atoms with Gasteiger partial charge < -0.3 is 35.8 Å². The molecule has 3 amide bonds. The molecule has 3 aromatic rings. The third kappa shape index (κ3) is 9.50. The zero-order valence-corrected chi connectivity index (χ0v) is 29.3. The van der Waals surface area contributed by atoms with Gasteiger partial charge in [-0.1, -0.05) is 69.7 Å². The number of nitrogens with two attached hydrogens (primary N) is 1. The molecule has 12 nitrogen and oxygen atoms in total. The van der Waals surface area contributed by atoms with Crippen LogP contribution in [0.5, 0.6) is 11.5 Å². The Balaban J connectivity index is 1.16. The lowest BCUT2D eigenvalue weighted by molar-refractivity contribution is -0.139. The van der Waals surface area contributed by atoms with Crippen molar-refractivity contribution in [2.45, 2.75) is 89.9 Å². The molecule has 1 aromatic heterocycles. The number of aliphatic hydroxyl groups excluding tert-OH is 1.